The highest BCUT2D eigenvalue weighted by Crippen LogP contribution is 2.35. The van der Waals surface area contributed by atoms with E-state index >= 15 is 0 Å². The molecular formula is C14H18N2O5. The molecule has 1 aromatic carbocycles. The van der Waals surface area contributed by atoms with E-state index in [4.69, 9.17) is 9.47 Å². The molecule has 2 atom stereocenters. The maximum Gasteiger partial charge on any atom is 0.311 e. The number of carbonyl (C=O) groups excluding carboxylic acids is 1. The number of nitro groups is 1. The summed E-state index contributed by atoms with van der Waals surface area (Å²) in [6, 6.07) is 4.72. The number of nitrogens with zero attached hydrogens (tertiary/aromatic N) is 2. The number of benzene rings is 1. The van der Waals surface area contributed by atoms with Crippen molar-refractivity contribution in [2.75, 3.05) is 32.2 Å². The summed E-state index contributed by atoms with van der Waals surface area (Å²) in [6.07, 6.45) is 0. The summed E-state index contributed by atoms with van der Waals surface area (Å²) in [6.45, 7) is 3.22. The van der Waals surface area contributed by atoms with Crippen molar-refractivity contribution in [2.45, 2.75) is 6.92 Å². The number of hydrogen-bond donors (Lipinski definition) is 0. The van der Waals surface area contributed by atoms with Crippen LogP contribution in [-0.2, 0) is 9.53 Å². The average Bonchev–Trinajstić information content (AvgIpc) is 2.87. The zero-order valence-corrected chi connectivity index (χ0v) is 12.2. The molecule has 1 saturated heterocycles. The van der Waals surface area contributed by atoms with E-state index in [0.717, 1.165) is 5.69 Å². The SMILES string of the molecule is COC(=O)C1CN(c2ccc([N+](=O)[O-])c(OC)c2)CC1C. The van der Waals surface area contributed by atoms with E-state index in [0.29, 0.717) is 13.1 Å². The van der Waals surface area contributed by atoms with Gasteiger partial charge in [-0.25, -0.2) is 0 Å². The summed E-state index contributed by atoms with van der Waals surface area (Å²) >= 11 is 0. The van der Waals surface area contributed by atoms with E-state index in [1.165, 1.54) is 20.3 Å². The number of methoxy groups -OCH3 is 2. The van der Waals surface area contributed by atoms with Crippen molar-refractivity contribution in [3.8, 4) is 5.75 Å². The lowest BCUT2D eigenvalue weighted by atomic mass is 9.99. The van der Waals surface area contributed by atoms with Gasteiger partial charge in [0.05, 0.1) is 25.1 Å². The van der Waals surface area contributed by atoms with Crippen LogP contribution in [0.1, 0.15) is 6.92 Å². The Kier molecular flexibility index (Phi) is 4.30. The second-order valence-corrected chi connectivity index (χ2v) is 5.13. The first-order chi connectivity index (χ1) is 9.97. The number of ether oxygens (including phenoxy) is 2. The number of nitro benzene ring substituents is 1. The topological polar surface area (TPSA) is 81.9 Å². The quantitative estimate of drug-likeness (QED) is 0.479. The Bertz CT molecular complexity index is 560. The van der Waals surface area contributed by atoms with Gasteiger partial charge in [0, 0.05) is 30.9 Å². The number of anilines is 1. The maximum atomic E-state index is 11.7. The lowest BCUT2D eigenvalue weighted by Crippen LogP contribution is -2.24. The van der Waals surface area contributed by atoms with Crippen molar-refractivity contribution < 1.29 is 19.2 Å². The van der Waals surface area contributed by atoms with Crippen LogP contribution >= 0.6 is 0 Å². The van der Waals surface area contributed by atoms with Crippen LogP contribution in [0.5, 0.6) is 5.75 Å². The first kappa shape index (κ1) is 15.1. The molecule has 0 aliphatic carbocycles. The molecule has 0 aromatic heterocycles. The van der Waals surface area contributed by atoms with Crippen LogP contribution < -0.4 is 9.64 Å². The fraction of sp³-hybridized carbons (Fsp3) is 0.500. The van der Waals surface area contributed by atoms with Crippen LogP contribution in [0.25, 0.3) is 0 Å². The van der Waals surface area contributed by atoms with Gasteiger partial charge >= 0.3 is 11.7 Å². The van der Waals surface area contributed by atoms with Gasteiger partial charge in [0.1, 0.15) is 0 Å². The molecule has 7 heteroatoms. The van der Waals surface area contributed by atoms with Gasteiger partial charge in [-0.05, 0) is 12.0 Å². The third kappa shape index (κ3) is 2.91. The van der Waals surface area contributed by atoms with Crippen molar-refractivity contribution in [1.82, 2.24) is 0 Å². The predicted octanol–water partition coefficient (Wildman–Crippen LogP) is 1.85. The molecule has 0 radical (unpaired) electrons. The second kappa shape index (κ2) is 5.99. The van der Waals surface area contributed by atoms with E-state index in [2.05, 4.69) is 0 Å². The highest BCUT2D eigenvalue weighted by Gasteiger charge is 2.36. The molecule has 0 bridgehead atoms. The number of rotatable bonds is 4. The average molecular weight is 294 g/mol. The van der Waals surface area contributed by atoms with E-state index in [1.807, 2.05) is 11.8 Å². The second-order valence-electron chi connectivity index (χ2n) is 5.13. The Hall–Kier alpha value is -2.31. The molecule has 1 aliphatic rings. The molecule has 0 spiro atoms. The van der Waals surface area contributed by atoms with Gasteiger partial charge in [0.2, 0.25) is 0 Å². The lowest BCUT2D eigenvalue weighted by Gasteiger charge is -2.19. The molecule has 2 rings (SSSR count). The summed E-state index contributed by atoms with van der Waals surface area (Å²) in [5.41, 5.74) is 0.730. The minimum absolute atomic E-state index is 0.0713. The summed E-state index contributed by atoms with van der Waals surface area (Å²) in [4.78, 5) is 24.1. The Labute approximate surface area is 122 Å². The monoisotopic (exact) mass is 294 g/mol. The van der Waals surface area contributed by atoms with Gasteiger partial charge in [0.15, 0.2) is 5.75 Å². The van der Waals surface area contributed by atoms with Crippen LogP contribution in [0.4, 0.5) is 11.4 Å². The van der Waals surface area contributed by atoms with Crippen molar-refractivity contribution >= 4 is 17.3 Å². The standard InChI is InChI=1S/C14H18N2O5/c1-9-7-15(8-11(9)14(17)21-3)10-4-5-12(16(18)19)13(6-10)20-2/h4-6,9,11H,7-8H2,1-3H3. The third-order valence-corrected chi connectivity index (χ3v) is 3.84. The molecule has 0 saturated carbocycles. The molecule has 2 unspecified atom stereocenters. The molecule has 114 valence electrons. The van der Waals surface area contributed by atoms with Crippen molar-refractivity contribution in [3.05, 3.63) is 28.3 Å². The van der Waals surface area contributed by atoms with Gasteiger partial charge < -0.3 is 14.4 Å². The Morgan fingerprint density at radius 1 is 1.38 bits per heavy atom. The maximum absolute atomic E-state index is 11.7. The van der Waals surface area contributed by atoms with E-state index in [-0.39, 0.29) is 29.2 Å². The number of esters is 1. The highest BCUT2D eigenvalue weighted by atomic mass is 16.6. The minimum Gasteiger partial charge on any atom is -0.490 e. The van der Waals surface area contributed by atoms with Gasteiger partial charge in [-0.15, -0.1) is 0 Å². The largest absolute Gasteiger partial charge is 0.490 e. The van der Waals surface area contributed by atoms with Gasteiger partial charge in [-0.1, -0.05) is 6.92 Å². The molecule has 7 nitrogen and oxygen atoms in total. The fourth-order valence-electron chi connectivity index (χ4n) is 2.65. The molecule has 1 fully saturated rings. The molecule has 0 N–H and O–H groups in total. The molecule has 1 heterocycles. The summed E-state index contributed by atoms with van der Waals surface area (Å²) in [7, 11) is 2.78. The Morgan fingerprint density at radius 3 is 2.67 bits per heavy atom. The number of carbonyl (C=O) groups is 1. The van der Waals surface area contributed by atoms with Crippen LogP contribution in [0, 0.1) is 22.0 Å². The van der Waals surface area contributed by atoms with Crippen molar-refractivity contribution in [3.63, 3.8) is 0 Å². The Morgan fingerprint density at radius 2 is 2.10 bits per heavy atom. The van der Waals surface area contributed by atoms with Crippen LogP contribution in [-0.4, -0.2) is 38.2 Å². The van der Waals surface area contributed by atoms with Gasteiger partial charge in [-0.3, -0.25) is 14.9 Å². The molecule has 21 heavy (non-hydrogen) atoms. The van der Waals surface area contributed by atoms with Crippen molar-refractivity contribution in [2.24, 2.45) is 11.8 Å². The smallest absolute Gasteiger partial charge is 0.311 e. The van der Waals surface area contributed by atoms with Crippen LogP contribution in [0.2, 0.25) is 0 Å². The summed E-state index contributed by atoms with van der Waals surface area (Å²) in [5, 5.41) is 10.9. The summed E-state index contributed by atoms with van der Waals surface area (Å²) < 4.78 is 9.87. The minimum atomic E-state index is -0.480. The first-order valence-electron chi connectivity index (χ1n) is 6.63. The molecule has 1 aromatic rings. The van der Waals surface area contributed by atoms with Gasteiger partial charge in [0.25, 0.3) is 0 Å². The summed E-state index contributed by atoms with van der Waals surface area (Å²) in [5.74, 6) is -0.0274. The lowest BCUT2D eigenvalue weighted by molar-refractivity contribution is -0.385. The van der Waals surface area contributed by atoms with Crippen LogP contribution in [0.15, 0.2) is 18.2 Å². The molecular weight excluding hydrogens is 276 g/mol. The van der Waals surface area contributed by atoms with E-state index in [1.54, 1.807) is 12.1 Å². The molecule has 1 aliphatic heterocycles. The van der Waals surface area contributed by atoms with Crippen LogP contribution in [0.3, 0.4) is 0 Å². The zero-order chi connectivity index (χ0) is 15.6. The molecule has 0 amide bonds. The number of hydrogen-bond acceptors (Lipinski definition) is 6. The third-order valence-electron chi connectivity index (χ3n) is 3.84. The van der Waals surface area contributed by atoms with Gasteiger partial charge in [-0.2, -0.15) is 0 Å². The first-order valence-corrected chi connectivity index (χ1v) is 6.63. The predicted molar refractivity (Wildman–Crippen MR) is 76.5 cm³/mol. The van der Waals surface area contributed by atoms with E-state index < -0.39 is 4.92 Å². The highest BCUT2D eigenvalue weighted by molar-refractivity contribution is 5.75. The fourth-order valence-corrected chi connectivity index (χ4v) is 2.65. The Balaban J connectivity index is 2.24. The normalized spacial score (nSPS) is 21.2. The van der Waals surface area contributed by atoms with E-state index in [9.17, 15) is 14.9 Å². The van der Waals surface area contributed by atoms with Crippen molar-refractivity contribution in [1.29, 1.82) is 0 Å². The zero-order valence-electron chi connectivity index (χ0n) is 12.2.